The Hall–Kier alpha value is -3.00. The minimum Gasteiger partial charge on any atom is -0.333 e. The van der Waals surface area contributed by atoms with Gasteiger partial charge in [-0.3, -0.25) is 24.1 Å². The van der Waals surface area contributed by atoms with Crippen LogP contribution in [0.1, 0.15) is 33.6 Å². The predicted octanol–water partition coefficient (Wildman–Crippen LogP) is 2.03. The number of nitrogens with one attached hydrogen (secondary N) is 1. The summed E-state index contributed by atoms with van der Waals surface area (Å²) in [6.45, 7) is 0.880. The van der Waals surface area contributed by atoms with E-state index in [0.717, 1.165) is 22.4 Å². The van der Waals surface area contributed by atoms with Crippen LogP contribution in [0.4, 0.5) is 5.69 Å². The van der Waals surface area contributed by atoms with E-state index in [4.69, 9.17) is 0 Å². The number of amides is 4. The molecule has 1 N–H and O–H groups in total. The number of fused-ring (bicyclic) bond motifs is 1. The molecule has 144 valence electrons. The second-order valence-electron chi connectivity index (χ2n) is 6.86. The summed E-state index contributed by atoms with van der Waals surface area (Å²) < 4.78 is 0. The van der Waals surface area contributed by atoms with Crippen molar-refractivity contribution in [3.63, 3.8) is 0 Å². The zero-order valence-corrected chi connectivity index (χ0v) is 16.0. The fraction of sp³-hybridized carbons (Fsp3) is 0.300. The van der Waals surface area contributed by atoms with Gasteiger partial charge in [-0.2, -0.15) is 0 Å². The van der Waals surface area contributed by atoms with E-state index >= 15 is 0 Å². The summed E-state index contributed by atoms with van der Waals surface area (Å²) in [7, 11) is 0. The van der Waals surface area contributed by atoms with E-state index in [1.165, 1.54) is 11.3 Å². The lowest BCUT2D eigenvalue weighted by atomic mass is 9.99. The van der Waals surface area contributed by atoms with Gasteiger partial charge in [0.15, 0.2) is 0 Å². The van der Waals surface area contributed by atoms with Gasteiger partial charge >= 0.3 is 0 Å². The van der Waals surface area contributed by atoms with Gasteiger partial charge in [0.05, 0.1) is 4.88 Å². The minimum absolute atomic E-state index is 0.0150. The topological polar surface area (TPSA) is 86.8 Å². The summed E-state index contributed by atoms with van der Waals surface area (Å²) in [5.41, 5.74) is 2.73. The first kappa shape index (κ1) is 18.4. The van der Waals surface area contributed by atoms with Crippen LogP contribution in [-0.2, 0) is 27.3 Å². The van der Waals surface area contributed by atoms with Gasteiger partial charge < -0.3 is 10.2 Å². The van der Waals surface area contributed by atoms with Crippen molar-refractivity contribution < 1.29 is 19.2 Å². The highest BCUT2D eigenvalue weighted by molar-refractivity contribution is 7.12. The number of rotatable bonds is 4. The zero-order valence-electron chi connectivity index (χ0n) is 15.1. The standard InChI is InChI=1S/C20H19N3O4S/c24-17(12-23-18(25)5-6-19(23)26)21-15-4-3-13-7-8-22(11-14(13)10-15)20(27)16-2-1-9-28-16/h1-4,9-10H,5-8,11-12H2,(H,21,24). The third-order valence-corrected chi connectivity index (χ3v) is 5.84. The van der Waals surface area contributed by atoms with Crippen molar-refractivity contribution in [1.82, 2.24) is 9.80 Å². The molecule has 0 aliphatic carbocycles. The van der Waals surface area contributed by atoms with E-state index in [-0.39, 0.29) is 37.1 Å². The zero-order chi connectivity index (χ0) is 19.7. The van der Waals surface area contributed by atoms with Gasteiger partial charge in [0.2, 0.25) is 17.7 Å². The molecule has 0 saturated carbocycles. The molecule has 0 radical (unpaired) electrons. The second kappa shape index (κ2) is 7.55. The number of hydrogen-bond acceptors (Lipinski definition) is 5. The smallest absolute Gasteiger partial charge is 0.264 e. The third kappa shape index (κ3) is 3.68. The molecule has 8 heteroatoms. The van der Waals surface area contributed by atoms with Crippen LogP contribution in [0.3, 0.4) is 0 Å². The molecule has 4 rings (SSSR count). The Labute approximate surface area is 165 Å². The maximum absolute atomic E-state index is 12.6. The molecule has 28 heavy (non-hydrogen) atoms. The highest BCUT2D eigenvalue weighted by atomic mass is 32.1. The normalized spacial score (nSPS) is 16.3. The summed E-state index contributed by atoms with van der Waals surface area (Å²) in [5.74, 6) is -1.02. The number of anilines is 1. The number of carbonyl (C=O) groups excluding carboxylic acids is 4. The SMILES string of the molecule is O=C(CN1C(=O)CCC1=O)Nc1ccc2c(c1)CN(C(=O)c1cccs1)CC2. The van der Waals surface area contributed by atoms with Crippen LogP contribution < -0.4 is 5.32 Å². The number of carbonyl (C=O) groups is 4. The largest absolute Gasteiger partial charge is 0.333 e. The van der Waals surface area contributed by atoms with Crippen LogP contribution in [0.25, 0.3) is 0 Å². The van der Waals surface area contributed by atoms with E-state index in [1.807, 2.05) is 29.6 Å². The van der Waals surface area contributed by atoms with Crippen molar-refractivity contribution in [3.05, 3.63) is 51.7 Å². The summed E-state index contributed by atoms with van der Waals surface area (Å²) in [6.07, 6.45) is 1.09. The van der Waals surface area contributed by atoms with Crippen LogP contribution in [0, 0.1) is 0 Å². The Morgan fingerprint density at radius 3 is 2.54 bits per heavy atom. The number of imide groups is 1. The summed E-state index contributed by atoms with van der Waals surface area (Å²) in [4.78, 5) is 51.6. The molecular weight excluding hydrogens is 378 g/mol. The van der Waals surface area contributed by atoms with Crippen LogP contribution in [0.15, 0.2) is 35.7 Å². The van der Waals surface area contributed by atoms with E-state index in [9.17, 15) is 19.2 Å². The minimum atomic E-state index is -0.411. The molecule has 0 bridgehead atoms. The molecule has 4 amide bonds. The average molecular weight is 397 g/mol. The monoisotopic (exact) mass is 397 g/mol. The number of hydrogen-bond donors (Lipinski definition) is 1. The second-order valence-corrected chi connectivity index (χ2v) is 7.81. The molecule has 0 atom stereocenters. The van der Waals surface area contributed by atoms with Gasteiger partial charge in [-0.1, -0.05) is 12.1 Å². The van der Waals surface area contributed by atoms with Gasteiger partial charge in [0, 0.05) is 31.6 Å². The highest BCUT2D eigenvalue weighted by Crippen LogP contribution is 2.25. The van der Waals surface area contributed by atoms with Crippen LogP contribution in [0.2, 0.25) is 0 Å². The van der Waals surface area contributed by atoms with Crippen molar-refractivity contribution >= 4 is 40.7 Å². The fourth-order valence-electron chi connectivity index (χ4n) is 3.51. The van der Waals surface area contributed by atoms with Crippen molar-refractivity contribution in [3.8, 4) is 0 Å². The Balaban J connectivity index is 1.43. The molecule has 1 aromatic carbocycles. The Bertz CT molecular complexity index is 938. The quantitative estimate of drug-likeness (QED) is 0.800. The molecule has 2 aliphatic heterocycles. The van der Waals surface area contributed by atoms with Gasteiger partial charge in [-0.15, -0.1) is 11.3 Å². The van der Waals surface area contributed by atoms with Crippen molar-refractivity contribution in [2.24, 2.45) is 0 Å². The lowest BCUT2D eigenvalue weighted by Crippen LogP contribution is -2.37. The molecule has 0 unspecified atom stereocenters. The summed E-state index contributed by atoms with van der Waals surface area (Å²) in [5, 5.41) is 4.63. The number of benzene rings is 1. The maximum atomic E-state index is 12.6. The van der Waals surface area contributed by atoms with Crippen molar-refractivity contribution in [2.75, 3.05) is 18.4 Å². The molecule has 1 fully saturated rings. The Morgan fingerprint density at radius 1 is 1.04 bits per heavy atom. The van der Waals surface area contributed by atoms with Gasteiger partial charge in [0.1, 0.15) is 6.54 Å². The molecule has 2 aliphatic rings. The molecule has 3 heterocycles. The summed E-state index contributed by atoms with van der Waals surface area (Å²) >= 11 is 1.42. The molecule has 1 aromatic heterocycles. The van der Waals surface area contributed by atoms with Gasteiger partial charge in [-0.25, -0.2) is 0 Å². The molecule has 0 spiro atoms. The Kier molecular flexibility index (Phi) is 4.95. The molecular formula is C20H19N3O4S. The maximum Gasteiger partial charge on any atom is 0.264 e. The molecule has 7 nitrogen and oxygen atoms in total. The summed E-state index contributed by atoms with van der Waals surface area (Å²) in [6, 6.07) is 9.29. The number of nitrogens with zero attached hydrogens (tertiary/aromatic N) is 2. The first-order valence-corrected chi connectivity index (χ1v) is 9.97. The van der Waals surface area contributed by atoms with E-state index in [0.29, 0.717) is 23.7 Å². The van der Waals surface area contributed by atoms with Crippen LogP contribution >= 0.6 is 11.3 Å². The first-order chi connectivity index (χ1) is 13.5. The molecule has 1 saturated heterocycles. The number of likely N-dealkylation sites (tertiary alicyclic amines) is 1. The third-order valence-electron chi connectivity index (χ3n) is 4.98. The van der Waals surface area contributed by atoms with Gasteiger partial charge in [-0.05, 0) is 41.1 Å². The highest BCUT2D eigenvalue weighted by Gasteiger charge is 2.30. The van der Waals surface area contributed by atoms with Crippen molar-refractivity contribution in [1.29, 1.82) is 0 Å². The van der Waals surface area contributed by atoms with Crippen LogP contribution in [0.5, 0.6) is 0 Å². The predicted molar refractivity (Wildman–Crippen MR) is 104 cm³/mol. The number of thiophene rings is 1. The lowest BCUT2D eigenvalue weighted by Gasteiger charge is -2.29. The Morgan fingerprint density at radius 2 is 1.82 bits per heavy atom. The van der Waals surface area contributed by atoms with E-state index in [1.54, 1.807) is 11.0 Å². The van der Waals surface area contributed by atoms with Gasteiger partial charge in [0.25, 0.3) is 5.91 Å². The van der Waals surface area contributed by atoms with E-state index in [2.05, 4.69) is 5.32 Å². The van der Waals surface area contributed by atoms with Crippen LogP contribution in [-0.4, -0.2) is 46.5 Å². The fourth-order valence-corrected chi connectivity index (χ4v) is 4.20. The lowest BCUT2D eigenvalue weighted by molar-refractivity contribution is -0.141. The average Bonchev–Trinajstić information content (AvgIpc) is 3.33. The van der Waals surface area contributed by atoms with E-state index < -0.39 is 5.91 Å². The first-order valence-electron chi connectivity index (χ1n) is 9.09. The molecule has 2 aromatic rings. The van der Waals surface area contributed by atoms with Crippen molar-refractivity contribution in [2.45, 2.75) is 25.8 Å².